The molecular formula is C20H31N3O5. The number of benzene rings is 1. The number of hydrogen-bond donors (Lipinski definition) is 2. The van der Waals surface area contributed by atoms with Gasteiger partial charge in [0.25, 0.3) is 5.69 Å². The van der Waals surface area contributed by atoms with Crippen LogP contribution in [0.3, 0.4) is 0 Å². The molecule has 1 saturated carbocycles. The lowest BCUT2D eigenvalue weighted by atomic mass is 9.64. The Morgan fingerprint density at radius 3 is 2.75 bits per heavy atom. The van der Waals surface area contributed by atoms with Gasteiger partial charge in [0.05, 0.1) is 24.2 Å². The molecule has 1 aliphatic rings. The molecule has 8 heteroatoms. The van der Waals surface area contributed by atoms with Gasteiger partial charge < -0.3 is 20.1 Å². The van der Waals surface area contributed by atoms with E-state index in [9.17, 15) is 14.9 Å². The Hall–Kier alpha value is -2.19. The molecule has 156 valence electrons. The van der Waals surface area contributed by atoms with Crippen LogP contribution in [0.25, 0.3) is 0 Å². The summed E-state index contributed by atoms with van der Waals surface area (Å²) < 4.78 is 10.9. The van der Waals surface area contributed by atoms with Crippen LogP contribution >= 0.6 is 0 Å². The maximum absolute atomic E-state index is 12.2. The number of amides is 1. The minimum Gasteiger partial charge on any atom is -0.496 e. The number of nitrogens with zero attached hydrogens (tertiary/aromatic N) is 1. The molecule has 8 nitrogen and oxygen atoms in total. The van der Waals surface area contributed by atoms with Gasteiger partial charge in [0.1, 0.15) is 11.4 Å². The Bertz CT molecular complexity index is 692. The molecule has 0 radical (unpaired) electrons. The summed E-state index contributed by atoms with van der Waals surface area (Å²) in [6, 6.07) is 4.65. The molecule has 0 spiro atoms. The molecular weight excluding hydrogens is 362 g/mol. The van der Waals surface area contributed by atoms with Crippen molar-refractivity contribution in [3.8, 4) is 5.75 Å². The highest BCUT2D eigenvalue weighted by Crippen LogP contribution is 2.42. The van der Waals surface area contributed by atoms with E-state index in [4.69, 9.17) is 9.47 Å². The summed E-state index contributed by atoms with van der Waals surface area (Å²) in [7, 11) is 1.43. The standard InChI is InChI=1S/C20H31N3O5/c1-5-6-11-28-18-13-17(20(18,2)3)21-10-9-19(24)22-15-8-7-14(27-4)12-16(15)23(25)26/h7-8,12,17-18,21H,5-6,9-11,13H2,1-4H3,(H,22,24)/t17-,18+/m1/s1. The predicted molar refractivity (Wildman–Crippen MR) is 108 cm³/mol. The maximum Gasteiger partial charge on any atom is 0.296 e. The molecule has 1 amide bonds. The Balaban J connectivity index is 1.79. The molecule has 2 rings (SSSR count). The van der Waals surface area contributed by atoms with E-state index >= 15 is 0 Å². The van der Waals surface area contributed by atoms with Crippen LogP contribution in [-0.2, 0) is 9.53 Å². The normalized spacial score (nSPS) is 20.3. The van der Waals surface area contributed by atoms with Gasteiger partial charge in [-0.05, 0) is 25.0 Å². The van der Waals surface area contributed by atoms with E-state index in [0.717, 1.165) is 25.9 Å². The summed E-state index contributed by atoms with van der Waals surface area (Å²) in [5.41, 5.74) is 0.0101. The SMILES string of the molecule is CCCCO[C@H]1C[C@@H](NCCC(=O)Nc2ccc(OC)cc2[N+](=O)[O-])C1(C)C. The van der Waals surface area contributed by atoms with E-state index < -0.39 is 4.92 Å². The Morgan fingerprint density at radius 1 is 1.39 bits per heavy atom. The number of anilines is 1. The quantitative estimate of drug-likeness (QED) is 0.339. The third kappa shape index (κ3) is 5.42. The second kappa shape index (κ2) is 9.84. The van der Waals surface area contributed by atoms with Crippen molar-refractivity contribution in [3.05, 3.63) is 28.3 Å². The van der Waals surface area contributed by atoms with Crippen molar-refractivity contribution >= 4 is 17.3 Å². The van der Waals surface area contributed by atoms with Crippen molar-refractivity contribution in [2.75, 3.05) is 25.6 Å². The number of rotatable bonds is 11. The van der Waals surface area contributed by atoms with Crippen molar-refractivity contribution in [2.24, 2.45) is 5.41 Å². The summed E-state index contributed by atoms with van der Waals surface area (Å²) >= 11 is 0. The minimum absolute atomic E-state index is 0.0268. The molecule has 0 heterocycles. The molecule has 0 bridgehead atoms. The largest absolute Gasteiger partial charge is 0.496 e. The highest BCUT2D eigenvalue weighted by Gasteiger charge is 2.48. The predicted octanol–water partition coefficient (Wildman–Crippen LogP) is 3.51. The minimum atomic E-state index is -0.536. The van der Waals surface area contributed by atoms with Gasteiger partial charge in [0.15, 0.2) is 0 Å². The first-order valence-electron chi connectivity index (χ1n) is 9.76. The van der Waals surface area contributed by atoms with E-state index in [2.05, 4.69) is 31.4 Å². The van der Waals surface area contributed by atoms with E-state index in [0.29, 0.717) is 18.3 Å². The molecule has 0 aromatic heterocycles. The van der Waals surface area contributed by atoms with Crippen LogP contribution in [0.5, 0.6) is 5.75 Å². The Morgan fingerprint density at radius 2 is 2.14 bits per heavy atom. The van der Waals surface area contributed by atoms with E-state index in [1.165, 1.54) is 19.2 Å². The molecule has 1 aromatic carbocycles. The van der Waals surface area contributed by atoms with Crippen LogP contribution in [0.1, 0.15) is 46.5 Å². The van der Waals surface area contributed by atoms with Crippen molar-refractivity contribution < 1.29 is 19.2 Å². The Kier molecular flexibility index (Phi) is 7.77. The first-order chi connectivity index (χ1) is 13.3. The fourth-order valence-electron chi connectivity index (χ4n) is 3.35. The zero-order chi connectivity index (χ0) is 20.7. The topological polar surface area (TPSA) is 103 Å². The van der Waals surface area contributed by atoms with E-state index in [1.807, 2.05) is 0 Å². The number of unbranched alkanes of at least 4 members (excludes halogenated alkanes) is 1. The maximum atomic E-state index is 12.2. The third-order valence-corrected chi connectivity index (χ3v) is 5.41. The molecule has 1 aliphatic carbocycles. The summed E-state index contributed by atoms with van der Waals surface area (Å²) in [4.78, 5) is 22.9. The lowest BCUT2D eigenvalue weighted by Crippen LogP contribution is -2.61. The molecule has 0 aliphatic heterocycles. The number of methoxy groups -OCH3 is 1. The first-order valence-corrected chi connectivity index (χ1v) is 9.76. The van der Waals surface area contributed by atoms with Crippen LogP contribution in [0.2, 0.25) is 0 Å². The fourth-order valence-corrected chi connectivity index (χ4v) is 3.35. The van der Waals surface area contributed by atoms with Crippen molar-refractivity contribution in [2.45, 2.75) is 58.6 Å². The molecule has 1 fully saturated rings. The van der Waals surface area contributed by atoms with Gasteiger partial charge in [-0.15, -0.1) is 0 Å². The number of carbonyl (C=O) groups is 1. The lowest BCUT2D eigenvalue weighted by Gasteiger charge is -2.52. The fraction of sp³-hybridized carbons (Fsp3) is 0.650. The van der Waals surface area contributed by atoms with Gasteiger partial charge in [-0.3, -0.25) is 14.9 Å². The highest BCUT2D eigenvalue weighted by molar-refractivity contribution is 5.93. The van der Waals surface area contributed by atoms with Crippen LogP contribution in [0.4, 0.5) is 11.4 Å². The summed E-state index contributed by atoms with van der Waals surface area (Å²) in [6.07, 6.45) is 3.60. The second-order valence-corrected chi connectivity index (χ2v) is 7.72. The van der Waals surface area contributed by atoms with E-state index in [-0.39, 0.29) is 35.2 Å². The van der Waals surface area contributed by atoms with Crippen molar-refractivity contribution in [3.63, 3.8) is 0 Å². The number of nitro groups is 1. The van der Waals surface area contributed by atoms with Crippen LogP contribution in [0, 0.1) is 15.5 Å². The number of nitrogens with one attached hydrogen (secondary N) is 2. The van der Waals surface area contributed by atoms with Crippen molar-refractivity contribution in [1.82, 2.24) is 5.32 Å². The molecule has 0 saturated heterocycles. The summed E-state index contributed by atoms with van der Waals surface area (Å²) in [6.45, 7) is 7.79. The summed E-state index contributed by atoms with van der Waals surface area (Å²) in [5, 5.41) is 17.2. The number of ether oxygens (including phenoxy) is 2. The molecule has 28 heavy (non-hydrogen) atoms. The number of hydrogen-bond acceptors (Lipinski definition) is 6. The molecule has 1 aromatic rings. The monoisotopic (exact) mass is 393 g/mol. The van der Waals surface area contributed by atoms with Crippen LogP contribution < -0.4 is 15.4 Å². The van der Waals surface area contributed by atoms with Crippen molar-refractivity contribution in [1.29, 1.82) is 0 Å². The third-order valence-electron chi connectivity index (χ3n) is 5.41. The molecule has 0 unspecified atom stereocenters. The van der Waals surface area contributed by atoms with Gasteiger partial charge in [0, 0.05) is 31.0 Å². The van der Waals surface area contributed by atoms with Crippen LogP contribution in [0.15, 0.2) is 18.2 Å². The second-order valence-electron chi connectivity index (χ2n) is 7.72. The number of nitro benzene ring substituents is 1. The van der Waals surface area contributed by atoms with Gasteiger partial charge in [-0.1, -0.05) is 27.2 Å². The smallest absolute Gasteiger partial charge is 0.296 e. The van der Waals surface area contributed by atoms with Crippen LogP contribution in [-0.4, -0.2) is 43.2 Å². The van der Waals surface area contributed by atoms with Gasteiger partial charge in [-0.2, -0.15) is 0 Å². The average Bonchev–Trinajstić information content (AvgIpc) is 2.66. The number of carbonyl (C=O) groups excluding carboxylic acids is 1. The summed E-state index contributed by atoms with van der Waals surface area (Å²) in [5.74, 6) is 0.0999. The first kappa shape index (κ1) is 22.1. The zero-order valence-electron chi connectivity index (χ0n) is 17.1. The highest BCUT2D eigenvalue weighted by atomic mass is 16.6. The molecule has 2 N–H and O–H groups in total. The molecule has 2 atom stereocenters. The average molecular weight is 393 g/mol. The lowest BCUT2D eigenvalue weighted by molar-refractivity contribution is -0.384. The van der Waals surface area contributed by atoms with Gasteiger partial charge in [0.2, 0.25) is 5.91 Å². The van der Waals surface area contributed by atoms with E-state index in [1.54, 1.807) is 6.07 Å². The van der Waals surface area contributed by atoms with Gasteiger partial charge >= 0.3 is 0 Å². The van der Waals surface area contributed by atoms with Gasteiger partial charge in [-0.25, -0.2) is 0 Å². The zero-order valence-corrected chi connectivity index (χ0v) is 17.1. The Labute approximate surface area is 166 Å².